The zero-order valence-electron chi connectivity index (χ0n) is 14.8. The molecule has 0 aliphatic carbocycles. The number of hydrogen-bond acceptors (Lipinski definition) is 2. The minimum absolute atomic E-state index is 0.228. The van der Waals surface area contributed by atoms with Crippen molar-refractivity contribution < 1.29 is 9.59 Å². The standard InChI is InChI=1S/C22H19ClN2O2/c1-15(17-10-7-11-18(23)14-17)24-22(27)19-12-5-6-13-20(19)25-21(26)16-8-3-2-4-9-16/h2-15H,1H3,(H,24,27)(H,25,26). The van der Waals surface area contributed by atoms with E-state index in [-0.39, 0.29) is 17.9 Å². The molecule has 1 atom stereocenters. The van der Waals surface area contributed by atoms with Crippen LogP contribution in [0.2, 0.25) is 5.02 Å². The number of halogens is 1. The van der Waals surface area contributed by atoms with Gasteiger partial charge in [-0.25, -0.2) is 0 Å². The van der Waals surface area contributed by atoms with Gasteiger partial charge in [-0.15, -0.1) is 0 Å². The van der Waals surface area contributed by atoms with Crippen molar-refractivity contribution in [3.8, 4) is 0 Å². The molecule has 5 heteroatoms. The molecule has 0 saturated carbocycles. The third-order valence-electron chi connectivity index (χ3n) is 4.15. The first-order chi connectivity index (χ1) is 13.0. The summed E-state index contributed by atoms with van der Waals surface area (Å²) in [6, 6.07) is 22.9. The lowest BCUT2D eigenvalue weighted by Crippen LogP contribution is -2.28. The smallest absolute Gasteiger partial charge is 0.255 e. The number of carbonyl (C=O) groups is 2. The maximum absolute atomic E-state index is 12.8. The maximum Gasteiger partial charge on any atom is 0.255 e. The van der Waals surface area contributed by atoms with E-state index in [9.17, 15) is 9.59 Å². The maximum atomic E-state index is 12.8. The molecule has 0 bridgehead atoms. The molecule has 0 aromatic heterocycles. The Balaban J connectivity index is 1.76. The van der Waals surface area contributed by atoms with E-state index in [0.717, 1.165) is 5.56 Å². The lowest BCUT2D eigenvalue weighted by Gasteiger charge is -2.16. The third-order valence-corrected chi connectivity index (χ3v) is 4.39. The number of carbonyl (C=O) groups excluding carboxylic acids is 2. The van der Waals surface area contributed by atoms with E-state index in [1.807, 2.05) is 31.2 Å². The molecule has 27 heavy (non-hydrogen) atoms. The van der Waals surface area contributed by atoms with Gasteiger partial charge < -0.3 is 10.6 Å². The fraction of sp³-hybridized carbons (Fsp3) is 0.0909. The molecule has 0 spiro atoms. The van der Waals surface area contributed by atoms with Crippen molar-refractivity contribution >= 4 is 29.1 Å². The molecule has 2 amide bonds. The Bertz CT molecular complexity index is 957. The number of para-hydroxylation sites is 1. The Hall–Kier alpha value is -3.11. The van der Waals surface area contributed by atoms with Crippen LogP contribution in [-0.2, 0) is 0 Å². The summed E-state index contributed by atoms with van der Waals surface area (Å²) in [6.45, 7) is 1.88. The van der Waals surface area contributed by atoms with Gasteiger partial charge in [-0.3, -0.25) is 9.59 Å². The summed E-state index contributed by atoms with van der Waals surface area (Å²) >= 11 is 6.02. The Morgan fingerprint density at radius 3 is 2.30 bits per heavy atom. The first-order valence-electron chi connectivity index (χ1n) is 8.56. The van der Waals surface area contributed by atoms with Gasteiger partial charge in [0.25, 0.3) is 11.8 Å². The average Bonchev–Trinajstić information content (AvgIpc) is 2.69. The highest BCUT2D eigenvalue weighted by Crippen LogP contribution is 2.20. The molecule has 0 heterocycles. The number of benzene rings is 3. The van der Waals surface area contributed by atoms with Gasteiger partial charge in [0.05, 0.1) is 17.3 Å². The van der Waals surface area contributed by atoms with Crippen LogP contribution in [-0.4, -0.2) is 11.8 Å². The Labute approximate surface area is 163 Å². The average molecular weight is 379 g/mol. The SMILES string of the molecule is CC(NC(=O)c1ccccc1NC(=O)c1ccccc1)c1cccc(Cl)c1. The van der Waals surface area contributed by atoms with Crippen LogP contribution in [0.15, 0.2) is 78.9 Å². The Morgan fingerprint density at radius 1 is 0.852 bits per heavy atom. The van der Waals surface area contributed by atoms with Gasteiger partial charge in [0.2, 0.25) is 0 Å². The highest BCUT2D eigenvalue weighted by atomic mass is 35.5. The molecule has 0 fully saturated rings. The molecule has 1 unspecified atom stereocenters. The summed E-state index contributed by atoms with van der Waals surface area (Å²) in [6.07, 6.45) is 0. The minimum Gasteiger partial charge on any atom is -0.345 e. The lowest BCUT2D eigenvalue weighted by atomic mass is 10.1. The van der Waals surface area contributed by atoms with E-state index in [2.05, 4.69) is 10.6 Å². The highest BCUT2D eigenvalue weighted by Gasteiger charge is 2.16. The van der Waals surface area contributed by atoms with Crippen LogP contribution in [0.4, 0.5) is 5.69 Å². The van der Waals surface area contributed by atoms with Crippen molar-refractivity contribution in [1.29, 1.82) is 0 Å². The molecule has 4 nitrogen and oxygen atoms in total. The van der Waals surface area contributed by atoms with Crippen LogP contribution >= 0.6 is 11.6 Å². The van der Waals surface area contributed by atoms with Crippen molar-refractivity contribution in [1.82, 2.24) is 5.32 Å². The van der Waals surface area contributed by atoms with Crippen molar-refractivity contribution in [2.75, 3.05) is 5.32 Å². The van der Waals surface area contributed by atoms with E-state index >= 15 is 0 Å². The van der Waals surface area contributed by atoms with Gasteiger partial charge in [-0.05, 0) is 48.9 Å². The summed E-state index contributed by atoms with van der Waals surface area (Å²) in [4.78, 5) is 25.2. The number of rotatable bonds is 5. The van der Waals surface area contributed by atoms with E-state index in [1.165, 1.54) is 0 Å². The molecule has 0 aliphatic heterocycles. The number of hydrogen-bond donors (Lipinski definition) is 2. The number of amides is 2. The van der Waals surface area contributed by atoms with Crippen LogP contribution in [0.25, 0.3) is 0 Å². The fourth-order valence-electron chi connectivity index (χ4n) is 2.71. The van der Waals surface area contributed by atoms with Gasteiger partial charge in [0.1, 0.15) is 0 Å². The van der Waals surface area contributed by atoms with Gasteiger partial charge in [0.15, 0.2) is 0 Å². The first-order valence-corrected chi connectivity index (χ1v) is 8.94. The van der Waals surface area contributed by atoms with Gasteiger partial charge in [0, 0.05) is 10.6 Å². The zero-order valence-corrected chi connectivity index (χ0v) is 15.5. The molecule has 0 aliphatic rings. The van der Waals surface area contributed by atoms with E-state index in [0.29, 0.717) is 21.8 Å². The van der Waals surface area contributed by atoms with Gasteiger partial charge >= 0.3 is 0 Å². The summed E-state index contributed by atoms with van der Waals surface area (Å²) < 4.78 is 0. The van der Waals surface area contributed by atoms with Crippen molar-refractivity contribution in [2.45, 2.75) is 13.0 Å². The molecule has 3 aromatic carbocycles. The predicted molar refractivity (Wildman–Crippen MR) is 108 cm³/mol. The normalized spacial score (nSPS) is 11.5. The quantitative estimate of drug-likeness (QED) is 0.650. The first kappa shape index (κ1) is 18.7. The topological polar surface area (TPSA) is 58.2 Å². The molecular formula is C22H19ClN2O2. The van der Waals surface area contributed by atoms with Crippen LogP contribution in [0.5, 0.6) is 0 Å². The second kappa shape index (κ2) is 8.52. The van der Waals surface area contributed by atoms with E-state index in [4.69, 9.17) is 11.6 Å². The van der Waals surface area contributed by atoms with E-state index < -0.39 is 0 Å². The Morgan fingerprint density at radius 2 is 1.56 bits per heavy atom. The molecule has 0 saturated heterocycles. The van der Waals surface area contributed by atoms with E-state index in [1.54, 1.807) is 54.6 Å². The molecule has 3 aromatic rings. The van der Waals surface area contributed by atoms with Crippen molar-refractivity contribution in [2.24, 2.45) is 0 Å². The van der Waals surface area contributed by atoms with Crippen LogP contribution in [0, 0.1) is 0 Å². The van der Waals surface area contributed by atoms with Crippen molar-refractivity contribution in [3.63, 3.8) is 0 Å². The zero-order chi connectivity index (χ0) is 19.2. The number of anilines is 1. The summed E-state index contributed by atoms with van der Waals surface area (Å²) in [5.41, 5.74) is 2.29. The second-order valence-corrected chi connectivity index (χ2v) is 6.55. The lowest BCUT2D eigenvalue weighted by molar-refractivity contribution is 0.0941. The molecule has 136 valence electrons. The summed E-state index contributed by atoms with van der Waals surface area (Å²) in [7, 11) is 0. The van der Waals surface area contributed by atoms with Gasteiger partial charge in [-0.1, -0.05) is 54.1 Å². The minimum atomic E-state index is -0.272. The molecule has 2 N–H and O–H groups in total. The van der Waals surface area contributed by atoms with Crippen LogP contribution in [0.3, 0.4) is 0 Å². The monoisotopic (exact) mass is 378 g/mol. The number of nitrogens with one attached hydrogen (secondary N) is 2. The largest absolute Gasteiger partial charge is 0.345 e. The molecule has 3 rings (SSSR count). The van der Waals surface area contributed by atoms with Crippen molar-refractivity contribution in [3.05, 3.63) is 101 Å². The fourth-order valence-corrected chi connectivity index (χ4v) is 2.91. The predicted octanol–water partition coefficient (Wildman–Crippen LogP) is 5.08. The summed E-state index contributed by atoms with van der Waals surface area (Å²) in [5, 5.41) is 6.37. The second-order valence-electron chi connectivity index (χ2n) is 6.12. The molecule has 0 radical (unpaired) electrons. The van der Waals surface area contributed by atoms with Crippen LogP contribution in [0.1, 0.15) is 39.2 Å². The molecular weight excluding hydrogens is 360 g/mol. The van der Waals surface area contributed by atoms with Gasteiger partial charge in [-0.2, -0.15) is 0 Å². The summed E-state index contributed by atoms with van der Waals surface area (Å²) in [5.74, 6) is -0.537. The van der Waals surface area contributed by atoms with Crippen LogP contribution < -0.4 is 10.6 Å². The Kier molecular flexibility index (Phi) is 5.89. The highest BCUT2D eigenvalue weighted by molar-refractivity contribution is 6.30. The third kappa shape index (κ3) is 4.74.